The van der Waals surface area contributed by atoms with Gasteiger partial charge in [0.05, 0.1) is 11.6 Å². The lowest BCUT2D eigenvalue weighted by Gasteiger charge is -2.39. The van der Waals surface area contributed by atoms with Gasteiger partial charge in [0.25, 0.3) is 5.91 Å². The highest BCUT2D eigenvalue weighted by atomic mass is 32.1. The van der Waals surface area contributed by atoms with Crippen LogP contribution in [-0.4, -0.2) is 90.0 Å². The van der Waals surface area contributed by atoms with E-state index in [-0.39, 0.29) is 23.8 Å². The van der Waals surface area contributed by atoms with Gasteiger partial charge in [-0.3, -0.25) is 9.59 Å². The van der Waals surface area contributed by atoms with E-state index in [2.05, 4.69) is 25.5 Å². The molecular formula is C30H37N7O4S. The molecule has 0 radical (unpaired) electrons. The molecular weight excluding hydrogens is 554 g/mol. The lowest BCUT2D eigenvalue weighted by atomic mass is 9.98. The van der Waals surface area contributed by atoms with Crippen LogP contribution in [0.1, 0.15) is 47.6 Å². The third kappa shape index (κ3) is 7.75. The topological polar surface area (TPSA) is 120 Å². The SMILES string of the molecule is CC(=O)Nc1cccc(OCCCNC(=O)c2csc(C3CCN(C(=O)N4CCN(c5ccccn5)CC4)CC3)n2)c1. The van der Waals surface area contributed by atoms with Crippen molar-refractivity contribution in [3.05, 3.63) is 64.7 Å². The zero-order valence-corrected chi connectivity index (χ0v) is 24.6. The summed E-state index contributed by atoms with van der Waals surface area (Å²) >= 11 is 1.51. The number of anilines is 2. The first-order valence-corrected chi connectivity index (χ1v) is 15.3. The summed E-state index contributed by atoms with van der Waals surface area (Å²) in [6, 6.07) is 13.2. The molecule has 42 heavy (non-hydrogen) atoms. The molecule has 2 aliphatic rings. The van der Waals surface area contributed by atoms with Crippen molar-refractivity contribution in [2.45, 2.75) is 32.1 Å². The van der Waals surface area contributed by atoms with Gasteiger partial charge in [-0.15, -0.1) is 11.3 Å². The molecule has 0 bridgehead atoms. The number of hydrogen-bond acceptors (Lipinski definition) is 8. The Kier molecular flexibility index (Phi) is 9.86. The zero-order chi connectivity index (χ0) is 29.3. The Morgan fingerprint density at radius 3 is 2.52 bits per heavy atom. The van der Waals surface area contributed by atoms with E-state index in [4.69, 9.17) is 4.74 Å². The van der Waals surface area contributed by atoms with Crippen LogP contribution in [-0.2, 0) is 4.79 Å². The van der Waals surface area contributed by atoms with Crippen molar-refractivity contribution in [2.75, 3.05) is 62.6 Å². The monoisotopic (exact) mass is 591 g/mol. The fourth-order valence-electron chi connectivity index (χ4n) is 5.19. The second kappa shape index (κ2) is 14.1. The van der Waals surface area contributed by atoms with Gasteiger partial charge in [-0.2, -0.15) is 0 Å². The number of hydrogen-bond donors (Lipinski definition) is 2. The van der Waals surface area contributed by atoms with Gasteiger partial charge in [0.15, 0.2) is 0 Å². The average Bonchev–Trinajstić information content (AvgIpc) is 3.52. The van der Waals surface area contributed by atoms with Crippen molar-refractivity contribution in [3.63, 3.8) is 0 Å². The molecule has 3 aromatic rings. The molecule has 2 fully saturated rings. The smallest absolute Gasteiger partial charge is 0.320 e. The third-order valence-electron chi connectivity index (χ3n) is 7.42. The summed E-state index contributed by atoms with van der Waals surface area (Å²) in [5.74, 6) is 1.54. The Hall–Kier alpha value is -4.19. The Morgan fingerprint density at radius 1 is 1.00 bits per heavy atom. The predicted molar refractivity (Wildman–Crippen MR) is 162 cm³/mol. The fraction of sp³-hybridized carbons (Fsp3) is 0.433. The number of nitrogens with zero attached hydrogens (tertiary/aromatic N) is 5. The van der Waals surface area contributed by atoms with E-state index < -0.39 is 0 Å². The van der Waals surface area contributed by atoms with Crippen molar-refractivity contribution >= 4 is 40.7 Å². The normalized spacial score (nSPS) is 15.8. The maximum absolute atomic E-state index is 13.1. The highest BCUT2D eigenvalue weighted by Gasteiger charge is 2.30. The number of rotatable bonds is 9. The molecule has 2 N–H and O–H groups in total. The van der Waals surface area contributed by atoms with E-state index in [1.807, 2.05) is 45.5 Å². The van der Waals surface area contributed by atoms with Crippen LogP contribution < -0.4 is 20.3 Å². The van der Waals surface area contributed by atoms with Gasteiger partial charge in [0, 0.05) is 82.0 Å². The van der Waals surface area contributed by atoms with Crippen LogP contribution in [0.4, 0.5) is 16.3 Å². The van der Waals surface area contributed by atoms with E-state index in [1.54, 1.807) is 18.3 Å². The first-order valence-electron chi connectivity index (χ1n) is 14.4. The van der Waals surface area contributed by atoms with Gasteiger partial charge in [0.2, 0.25) is 5.91 Å². The van der Waals surface area contributed by atoms with E-state index in [0.717, 1.165) is 36.8 Å². The summed E-state index contributed by atoms with van der Waals surface area (Å²) < 4.78 is 5.73. The molecule has 4 heterocycles. The quantitative estimate of drug-likeness (QED) is 0.363. The number of carbonyl (C=O) groups excluding carboxylic acids is 3. The molecule has 0 unspecified atom stereocenters. The Balaban J connectivity index is 1.00. The molecule has 4 amide bonds. The number of piperidine rings is 1. The van der Waals surface area contributed by atoms with E-state index in [9.17, 15) is 14.4 Å². The first kappa shape index (κ1) is 29.3. The van der Waals surface area contributed by atoms with Gasteiger partial charge >= 0.3 is 6.03 Å². The van der Waals surface area contributed by atoms with Gasteiger partial charge in [-0.1, -0.05) is 12.1 Å². The maximum atomic E-state index is 13.1. The minimum absolute atomic E-state index is 0.109. The largest absolute Gasteiger partial charge is 0.493 e. The standard InChI is InChI=1S/C30H37N7O4S/c1-22(38)33-24-6-4-7-25(20-24)41-19-5-12-32-28(39)26-21-42-29(34-26)23-9-13-36(14-10-23)30(40)37-17-15-35(16-18-37)27-8-2-3-11-31-27/h2-4,6-8,11,20-21,23H,5,9-10,12-19H2,1H3,(H,32,39)(H,33,38). The molecule has 1 aromatic carbocycles. The highest BCUT2D eigenvalue weighted by Crippen LogP contribution is 2.31. The third-order valence-corrected chi connectivity index (χ3v) is 8.43. The summed E-state index contributed by atoms with van der Waals surface area (Å²) in [5.41, 5.74) is 1.11. The summed E-state index contributed by atoms with van der Waals surface area (Å²) in [7, 11) is 0. The van der Waals surface area contributed by atoms with Crippen LogP contribution in [0.5, 0.6) is 5.75 Å². The van der Waals surface area contributed by atoms with Crippen molar-refractivity contribution in [3.8, 4) is 5.75 Å². The van der Waals surface area contributed by atoms with Crippen LogP contribution in [0.2, 0.25) is 0 Å². The molecule has 222 valence electrons. The Morgan fingerprint density at radius 2 is 1.79 bits per heavy atom. The first-order chi connectivity index (χ1) is 20.5. The minimum atomic E-state index is -0.192. The number of urea groups is 1. The number of aromatic nitrogens is 2. The van der Waals surface area contributed by atoms with Gasteiger partial charge in [-0.25, -0.2) is 14.8 Å². The van der Waals surface area contributed by atoms with E-state index in [1.165, 1.54) is 18.3 Å². The lowest BCUT2D eigenvalue weighted by Crippen LogP contribution is -2.54. The Bertz CT molecular complexity index is 1350. The zero-order valence-electron chi connectivity index (χ0n) is 23.8. The number of benzene rings is 1. The number of nitrogens with one attached hydrogen (secondary N) is 2. The molecule has 2 saturated heterocycles. The van der Waals surface area contributed by atoms with E-state index in [0.29, 0.717) is 62.9 Å². The van der Waals surface area contributed by atoms with Crippen LogP contribution in [0.25, 0.3) is 0 Å². The molecule has 0 spiro atoms. The number of piperazine rings is 1. The number of carbonyl (C=O) groups is 3. The van der Waals surface area contributed by atoms with Crippen LogP contribution in [0, 0.1) is 0 Å². The van der Waals surface area contributed by atoms with Crippen LogP contribution in [0.15, 0.2) is 54.0 Å². The second-order valence-corrected chi connectivity index (χ2v) is 11.3. The number of amides is 4. The molecule has 0 atom stereocenters. The number of ether oxygens (including phenoxy) is 1. The van der Waals surface area contributed by atoms with Crippen LogP contribution >= 0.6 is 11.3 Å². The van der Waals surface area contributed by atoms with Gasteiger partial charge in [0.1, 0.15) is 17.3 Å². The maximum Gasteiger partial charge on any atom is 0.320 e. The summed E-state index contributed by atoms with van der Waals surface area (Å²) in [6.07, 6.45) is 4.12. The number of likely N-dealkylation sites (tertiary alicyclic amines) is 1. The molecule has 2 aliphatic heterocycles. The predicted octanol–water partition coefficient (Wildman–Crippen LogP) is 3.82. The van der Waals surface area contributed by atoms with Gasteiger partial charge < -0.3 is 30.1 Å². The van der Waals surface area contributed by atoms with Crippen molar-refractivity contribution in [2.24, 2.45) is 0 Å². The van der Waals surface area contributed by atoms with Crippen molar-refractivity contribution < 1.29 is 19.1 Å². The van der Waals surface area contributed by atoms with Crippen molar-refractivity contribution in [1.29, 1.82) is 0 Å². The van der Waals surface area contributed by atoms with Crippen molar-refractivity contribution in [1.82, 2.24) is 25.1 Å². The highest BCUT2D eigenvalue weighted by molar-refractivity contribution is 7.09. The summed E-state index contributed by atoms with van der Waals surface area (Å²) in [6.45, 7) is 6.70. The molecule has 0 aliphatic carbocycles. The number of pyridine rings is 1. The molecule has 2 aromatic heterocycles. The summed E-state index contributed by atoms with van der Waals surface area (Å²) in [5, 5.41) is 8.41. The average molecular weight is 592 g/mol. The molecule has 5 rings (SSSR count). The lowest BCUT2D eigenvalue weighted by molar-refractivity contribution is -0.114. The van der Waals surface area contributed by atoms with E-state index >= 15 is 0 Å². The number of thiazole rings is 1. The minimum Gasteiger partial charge on any atom is -0.493 e. The fourth-order valence-corrected chi connectivity index (χ4v) is 6.16. The molecule has 12 heteroatoms. The van der Waals surface area contributed by atoms with Gasteiger partial charge in [-0.05, 0) is 43.5 Å². The second-order valence-electron chi connectivity index (χ2n) is 10.4. The molecule has 11 nitrogen and oxygen atoms in total. The van der Waals surface area contributed by atoms with Crippen LogP contribution in [0.3, 0.4) is 0 Å². The molecule has 0 saturated carbocycles. The summed E-state index contributed by atoms with van der Waals surface area (Å²) in [4.78, 5) is 52.2. The Labute approximate surface area is 249 Å².